The maximum atomic E-state index is 17.0. The van der Waals surface area contributed by atoms with Crippen molar-refractivity contribution in [2.75, 3.05) is 37.7 Å². The average molecular weight is 616 g/mol. The first-order valence-corrected chi connectivity index (χ1v) is 16.3. The number of phenolic OH excluding ortho intramolecular Hbond substituents is 1. The normalized spacial score (nSPS) is 28.0. The van der Waals surface area contributed by atoms with Crippen molar-refractivity contribution in [3.8, 4) is 22.9 Å². The standard InChI is InChI=1S/C35H36F3N5O2/c36-21-14-35(9-2-10-43(35)15-21)18-45-34-40-32-27(33(41-34)42-16-22-7-8-23(17-42)39-22)13-28(37)30(31(32)38)26-12-24(44)11-20-3-1-4-25(29(20)26)19-5-6-19/h1,3-4,11-13,19,21-23,39,44H,2,5-10,14-18H2/t21-,22?,23?,35?/m1/s1. The van der Waals surface area contributed by atoms with Crippen molar-refractivity contribution in [3.63, 3.8) is 0 Å². The monoisotopic (exact) mass is 615 g/mol. The SMILES string of the molecule is Oc1cc(-c2c(F)cc3c(N4CC5CCC(C4)N5)nc(OCC45CCCN4C[C@H](F)C5)nc3c2F)c2c(C3CC3)cccc2c1. The van der Waals surface area contributed by atoms with Gasteiger partial charge in [0.1, 0.15) is 35.7 Å². The summed E-state index contributed by atoms with van der Waals surface area (Å²) in [7, 11) is 0. The molecule has 5 heterocycles. The van der Waals surface area contributed by atoms with Crippen molar-refractivity contribution in [3.05, 3.63) is 53.6 Å². The number of benzene rings is 3. The maximum absolute atomic E-state index is 17.0. The Balaban J connectivity index is 1.21. The number of piperazine rings is 1. The van der Waals surface area contributed by atoms with Gasteiger partial charge in [-0.1, -0.05) is 18.2 Å². The number of hydrogen-bond donors (Lipinski definition) is 2. The number of anilines is 1. The number of aromatic nitrogens is 2. The lowest BCUT2D eigenvalue weighted by atomic mass is 9.91. The van der Waals surface area contributed by atoms with Crippen LogP contribution in [0.15, 0.2) is 36.4 Å². The lowest BCUT2D eigenvalue weighted by molar-refractivity contribution is 0.107. The zero-order chi connectivity index (χ0) is 30.4. The molecule has 3 unspecified atom stereocenters. The first kappa shape index (κ1) is 27.7. The molecule has 1 aliphatic carbocycles. The van der Waals surface area contributed by atoms with E-state index in [-0.39, 0.29) is 41.5 Å². The van der Waals surface area contributed by atoms with Gasteiger partial charge in [0.2, 0.25) is 0 Å². The Bertz CT molecular complexity index is 1840. The van der Waals surface area contributed by atoms with Gasteiger partial charge < -0.3 is 20.1 Å². The molecule has 4 aromatic rings. The molecule has 4 aliphatic heterocycles. The highest BCUT2D eigenvalue weighted by Gasteiger charge is 2.49. The molecule has 5 aliphatic rings. The van der Waals surface area contributed by atoms with E-state index in [1.807, 2.05) is 18.2 Å². The summed E-state index contributed by atoms with van der Waals surface area (Å²) in [6, 6.07) is 10.8. The molecule has 1 saturated carbocycles. The van der Waals surface area contributed by atoms with Gasteiger partial charge in [-0.05, 0) is 91.1 Å². The van der Waals surface area contributed by atoms with E-state index in [2.05, 4.69) is 20.1 Å². The Morgan fingerprint density at radius 2 is 1.84 bits per heavy atom. The minimum absolute atomic E-state index is 0.0165. The van der Waals surface area contributed by atoms with E-state index < -0.39 is 23.3 Å². The first-order valence-electron chi connectivity index (χ1n) is 16.3. The molecule has 0 radical (unpaired) electrons. The molecule has 10 heteroatoms. The number of nitrogens with zero attached hydrogens (tertiary/aromatic N) is 4. The fourth-order valence-electron chi connectivity index (χ4n) is 8.70. The molecular formula is C35H36F3N5O2. The van der Waals surface area contributed by atoms with Gasteiger partial charge in [0.05, 0.1) is 11.1 Å². The maximum Gasteiger partial charge on any atom is 0.319 e. The van der Waals surface area contributed by atoms with Gasteiger partial charge >= 0.3 is 6.01 Å². The first-order chi connectivity index (χ1) is 21.8. The molecule has 2 bridgehead atoms. The van der Waals surface area contributed by atoms with Crippen molar-refractivity contribution < 1.29 is 23.0 Å². The second-order valence-electron chi connectivity index (χ2n) is 13.9. The summed E-state index contributed by atoms with van der Waals surface area (Å²) in [4.78, 5) is 13.6. The highest BCUT2D eigenvalue weighted by molar-refractivity contribution is 6.03. The van der Waals surface area contributed by atoms with Gasteiger partial charge in [0.15, 0.2) is 5.82 Å². The van der Waals surface area contributed by atoms with Crippen LogP contribution in [0, 0.1) is 11.6 Å². The number of phenols is 1. The number of fused-ring (bicyclic) bond motifs is 5. The average Bonchev–Trinajstić information content (AvgIpc) is 3.62. The molecule has 4 saturated heterocycles. The molecule has 234 valence electrons. The smallest absolute Gasteiger partial charge is 0.319 e. The second kappa shape index (κ2) is 10.2. The van der Waals surface area contributed by atoms with E-state index in [1.165, 1.54) is 12.1 Å². The molecule has 3 aromatic carbocycles. The van der Waals surface area contributed by atoms with Crippen LogP contribution in [0.5, 0.6) is 11.8 Å². The van der Waals surface area contributed by atoms with Crippen LogP contribution in [0.3, 0.4) is 0 Å². The van der Waals surface area contributed by atoms with Gasteiger partial charge in [-0.3, -0.25) is 4.90 Å². The highest BCUT2D eigenvalue weighted by atomic mass is 19.1. The fourth-order valence-corrected chi connectivity index (χ4v) is 8.70. The third kappa shape index (κ3) is 4.54. The topological polar surface area (TPSA) is 73.8 Å². The van der Waals surface area contributed by atoms with E-state index in [0.29, 0.717) is 48.7 Å². The van der Waals surface area contributed by atoms with Gasteiger partial charge in [0, 0.05) is 43.5 Å². The zero-order valence-corrected chi connectivity index (χ0v) is 25.0. The zero-order valence-electron chi connectivity index (χ0n) is 25.0. The lowest BCUT2D eigenvalue weighted by Gasteiger charge is -2.34. The van der Waals surface area contributed by atoms with Crippen LogP contribution in [0.25, 0.3) is 32.8 Å². The summed E-state index contributed by atoms with van der Waals surface area (Å²) in [6.45, 7) is 2.76. The third-order valence-corrected chi connectivity index (χ3v) is 10.9. The minimum atomic E-state index is -0.904. The number of ether oxygens (including phenoxy) is 1. The molecule has 45 heavy (non-hydrogen) atoms. The molecule has 5 fully saturated rings. The summed E-state index contributed by atoms with van der Waals surface area (Å²) in [5.74, 6) is -0.812. The number of alkyl halides is 1. The summed E-state index contributed by atoms with van der Waals surface area (Å²) in [5.41, 5.74) is 0.691. The summed E-state index contributed by atoms with van der Waals surface area (Å²) < 4.78 is 54.1. The van der Waals surface area contributed by atoms with Crippen LogP contribution in [-0.2, 0) is 0 Å². The number of halogens is 3. The number of nitrogens with one attached hydrogen (secondary N) is 1. The highest BCUT2D eigenvalue weighted by Crippen LogP contribution is 2.48. The van der Waals surface area contributed by atoms with E-state index in [4.69, 9.17) is 9.72 Å². The lowest BCUT2D eigenvalue weighted by Crippen LogP contribution is -2.51. The van der Waals surface area contributed by atoms with Crippen molar-refractivity contribution in [1.82, 2.24) is 20.2 Å². The van der Waals surface area contributed by atoms with Gasteiger partial charge in [-0.2, -0.15) is 9.97 Å². The molecule has 0 spiro atoms. The fraction of sp³-hybridized carbons (Fsp3) is 0.486. The Hall–Kier alpha value is -3.63. The molecule has 9 rings (SSSR count). The van der Waals surface area contributed by atoms with Crippen LogP contribution >= 0.6 is 0 Å². The summed E-state index contributed by atoms with van der Waals surface area (Å²) in [5, 5.41) is 16.0. The van der Waals surface area contributed by atoms with Crippen LogP contribution in [-0.4, -0.2) is 76.6 Å². The van der Waals surface area contributed by atoms with Crippen molar-refractivity contribution in [2.45, 2.75) is 74.7 Å². The predicted octanol–water partition coefficient (Wildman–Crippen LogP) is 6.21. The molecule has 2 N–H and O–H groups in total. The van der Waals surface area contributed by atoms with E-state index in [0.717, 1.165) is 61.4 Å². The Labute approximate surface area is 259 Å². The Morgan fingerprint density at radius 1 is 1.02 bits per heavy atom. The van der Waals surface area contributed by atoms with Crippen LogP contribution in [0.2, 0.25) is 0 Å². The molecule has 4 atom stereocenters. The van der Waals surface area contributed by atoms with E-state index >= 15 is 8.78 Å². The van der Waals surface area contributed by atoms with Crippen molar-refractivity contribution in [1.29, 1.82) is 0 Å². The largest absolute Gasteiger partial charge is 0.508 e. The number of aromatic hydroxyl groups is 1. The minimum Gasteiger partial charge on any atom is -0.508 e. The van der Waals surface area contributed by atoms with Crippen LogP contribution in [0.4, 0.5) is 19.0 Å². The summed E-state index contributed by atoms with van der Waals surface area (Å²) in [6.07, 6.45) is 5.41. The van der Waals surface area contributed by atoms with Gasteiger partial charge in [-0.25, -0.2) is 13.2 Å². The van der Waals surface area contributed by atoms with E-state index in [1.54, 1.807) is 6.07 Å². The van der Waals surface area contributed by atoms with Crippen molar-refractivity contribution >= 4 is 27.5 Å². The van der Waals surface area contributed by atoms with Crippen LogP contribution in [0.1, 0.15) is 56.4 Å². The Morgan fingerprint density at radius 3 is 2.64 bits per heavy atom. The quantitative estimate of drug-likeness (QED) is 0.267. The third-order valence-electron chi connectivity index (χ3n) is 10.9. The van der Waals surface area contributed by atoms with Gasteiger partial charge in [0.25, 0.3) is 0 Å². The summed E-state index contributed by atoms with van der Waals surface area (Å²) >= 11 is 0. The van der Waals surface area contributed by atoms with Crippen molar-refractivity contribution in [2.24, 2.45) is 0 Å². The Kier molecular flexibility index (Phi) is 6.26. The van der Waals surface area contributed by atoms with Crippen LogP contribution < -0.4 is 15.0 Å². The molecule has 0 amide bonds. The number of hydrogen-bond acceptors (Lipinski definition) is 7. The molecular weight excluding hydrogens is 579 g/mol. The van der Waals surface area contributed by atoms with Gasteiger partial charge in [-0.15, -0.1) is 0 Å². The number of rotatable bonds is 6. The van der Waals surface area contributed by atoms with E-state index in [9.17, 15) is 9.50 Å². The predicted molar refractivity (Wildman–Crippen MR) is 167 cm³/mol. The molecule has 7 nitrogen and oxygen atoms in total. The second-order valence-corrected chi connectivity index (χ2v) is 13.9. The molecule has 1 aromatic heterocycles.